The van der Waals surface area contributed by atoms with Crippen LogP contribution in [0.15, 0.2) is 0 Å². The summed E-state index contributed by atoms with van der Waals surface area (Å²) in [7, 11) is -2.43. The second-order valence-corrected chi connectivity index (χ2v) is 7.33. The van der Waals surface area contributed by atoms with E-state index in [4.69, 9.17) is 10.2 Å². The van der Waals surface area contributed by atoms with Crippen molar-refractivity contribution in [1.29, 1.82) is 0 Å². The number of carbonyl (C=O) groups is 1. The summed E-state index contributed by atoms with van der Waals surface area (Å²) in [5.41, 5.74) is -0.344. The number of aliphatic carboxylic acids is 1. The predicted molar refractivity (Wildman–Crippen MR) is 71.9 cm³/mol. The number of hydrogen-bond acceptors (Lipinski definition) is 4. The Balaban J connectivity index is 4.76. The molecule has 7 nitrogen and oxygen atoms in total. The van der Waals surface area contributed by atoms with Gasteiger partial charge in [0.25, 0.3) is 10.2 Å². The van der Waals surface area contributed by atoms with E-state index in [0.29, 0.717) is 6.42 Å². The number of aliphatic hydroxyl groups excluding tert-OH is 1. The average molecular weight is 296 g/mol. The SMILES string of the molecule is CN(CCC(=O)O)S(=O)(=O)NC(CCO)C(C)(C)C. The number of carboxylic acid groups (broad SMARTS) is 1. The van der Waals surface area contributed by atoms with E-state index in [0.717, 1.165) is 4.31 Å². The maximum absolute atomic E-state index is 12.0. The number of nitrogens with zero attached hydrogens (tertiary/aromatic N) is 1. The molecule has 0 saturated heterocycles. The van der Waals surface area contributed by atoms with Crippen molar-refractivity contribution in [3.05, 3.63) is 0 Å². The molecule has 0 aromatic carbocycles. The number of aliphatic hydroxyl groups is 1. The Labute approximate surface area is 114 Å². The minimum absolute atomic E-state index is 0.0966. The highest BCUT2D eigenvalue weighted by Crippen LogP contribution is 2.22. The Bertz CT molecular complexity index is 388. The van der Waals surface area contributed by atoms with E-state index < -0.39 is 22.2 Å². The van der Waals surface area contributed by atoms with Gasteiger partial charge in [-0.15, -0.1) is 0 Å². The van der Waals surface area contributed by atoms with Crippen LogP contribution in [0.2, 0.25) is 0 Å². The molecule has 0 saturated carbocycles. The van der Waals surface area contributed by atoms with Crippen molar-refractivity contribution in [2.45, 2.75) is 39.7 Å². The summed E-state index contributed by atoms with van der Waals surface area (Å²) in [5, 5.41) is 17.5. The van der Waals surface area contributed by atoms with Gasteiger partial charge in [0.15, 0.2) is 0 Å². The van der Waals surface area contributed by atoms with Crippen molar-refractivity contribution in [2.24, 2.45) is 5.41 Å². The second-order valence-electron chi connectivity index (χ2n) is 5.52. The lowest BCUT2D eigenvalue weighted by Gasteiger charge is -2.32. The zero-order chi connectivity index (χ0) is 15.3. The Kier molecular flexibility index (Phi) is 6.92. The Hall–Kier alpha value is -0.700. The summed E-state index contributed by atoms with van der Waals surface area (Å²) < 4.78 is 27.5. The second kappa shape index (κ2) is 7.18. The van der Waals surface area contributed by atoms with Crippen molar-refractivity contribution in [2.75, 3.05) is 20.2 Å². The first kappa shape index (κ1) is 18.3. The Morgan fingerprint density at radius 3 is 2.26 bits per heavy atom. The first-order valence-corrected chi connectivity index (χ1v) is 7.51. The van der Waals surface area contributed by atoms with Gasteiger partial charge in [0.05, 0.1) is 6.42 Å². The molecule has 0 aromatic heterocycles. The van der Waals surface area contributed by atoms with Crippen LogP contribution in [0.3, 0.4) is 0 Å². The number of hydrogen-bond donors (Lipinski definition) is 3. The molecule has 0 aliphatic rings. The van der Waals surface area contributed by atoms with Gasteiger partial charge in [-0.3, -0.25) is 4.79 Å². The van der Waals surface area contributed by atoms with E-state index in [1.54, 1.807) is 0 Å². The van der Waals surface area contributed by atoms with Crippen LogP contribution < -0.4 is 4.72 Å². The molecule has 0 amide bonds. The quantitative estimate of drug-likeness (QED) is 0.585. The molecule has 0 fully saturated rings. The molecule has 0 rings (SSSR count). The molecule has 1 atom stereocenters. The molecular formula is C11H24N2O5S. The maximum Gasteiger partial charge on any atom is 0.304 e. The van der Waals surface area contributed by atoms with Gasteiger partial charge in [-0.2, -0.15) is 17.4 Å². The van der Waals surface area contributed by atoms with Crippen molar-refractivity contribution in [1.82, 2.24) is 9.03 Å². The van der Waals surface area contributed by atoms with Crippen LogP contribution in [0.1, 0.15) is 33.6 Å². The lowest BCUT2D eigenvalue weighted by molar-refractivity contribution is -0.137. The molecule has 0 heterocycles. The summed E-state index contributed by atoms with van der Waals surface area (Å²) in [4.78, 5) is 10.4. The largest absolute Gasteiger partial charge is 0.481 e. The molecule has 0 spiro atoms. The lowest BCUT2D eigenvalue weighted by atomic mass is 9.86. The van der Waals surface area contributed by atoms with Crippen LogP contribution in [0.4, 0.5) is 0 Å². The predicted octanol–water partition coefficient (Wildman–Crippen LogP) is 0.0244. The Morgan fingerprint density at radius 1 is 1.37 bits per heavy atom. The molecule has 0 aliphatic heterocycles. The van der Waals surface area contributed by atoms with Crippen LogP contribution >= 0.6 is 0 Å². The van der Waals surface area contributed by atoms with E-state index in [2.05, 4.69) is 4.72 Å². The van der Waals surface area contributed by atoms with Gasteiger partial charge < -0.3 is 10.2 Å². The number of nitrogens with one attached hydrogen (secondary N) is 1. The third-order valence-electron chi connectivity index (χ3n) is 2.81. The molecule has 0 radical (unpaired) electrons. The van der Waals surface area contributed by atoms with E-state index >= 15 is 0 Å². The fourth-order valence-electron chi connectivity index (χ4n) is 1.44. The zero-order valence-corrected chi connectivity index (χ0v) is 12.7. The molecular weight excluding hydrogens is 272 g/mol. The summed E-state index contributed by atoms with van der Waals surface area (Å²) in [6.45, 7) is 5.39. The lowest BCUT2D eigenvalue weighted by Crippen LogP contribution is -2.49. The van der Waals surface area contributed by atoms with Crippen molar-refractivity contribution < 1.29 is 23.4 Å². The molecule has 3 N–H and O–H groups in total. The molecule has 1 unspecified atom stereocenters. The van der Waals surface area contributed by atoms with Gasteiger partial charge in [-0.25, -0.2) is 0 Å². The van der Waals surface area contributed by atoms with E-state index in [9.17, 15) is 13.2 Å². The summed E-state index contributed by atoms with van der Waals surface area (Å²) >= 11 is 0. The van der Waals surface area contributed by atoms with Gasteiger partial charge in [0.2, 0.25) is 0 Å². The highest BCUT2D eigenvalue weighted by atomic mass is 32.2. The van der Waals surface area contributed by atoms with Crippen LogP contribution in [0.25, 0.3) is 0 Å². The first-order valence-electron chi connectivity index (χ1n) is 6.07. The van der Waals surface area contributed by atoms with E-state index in [1.807, 2.05) is 20.8 Å². The molecule has 0 aliphatic carbocycles. The smallest absolute Gasteiger partial charge is 0.304 e. The van der Waals surface area contributed by atoms with Crippen molar-refractivity contribution in [3.63, 3.8) is 0 Å². The number of carboxylic acids is 1. The van der Waals surface area contributed by atoms with Gasteiger partial charge in [-0.1, -0.05) is 20.8 Å². The molecule has 114 valence electrons. The highest BCUT2D eigenvalue weighted by Gasteiger charge is 2.30. The fraction of sp³-hybridized carbons (Fsp3) is 0.909. The maximum atomic E-state index is 12.0. The zero-order valence-electron chi connectivity index (χ0n) is 11.9. The molecule has 0 bridgehead atoms. The van der Waals surface area contributed by atoms with Crippen molar-refractivity contribution >= 4 is 16.2 Å². The van der Waals surface area contributed by atoms with Crippen LogP contribution in [0.5, 0.6) is 0 Å². The van der Waals surface area contributed by atoms with Crippen LogP contribution in [-0.2, 0) is 15.0 Å². The molecule has 0 aromatic rings. The van der Waals surface area contributed by atoms with E-state index in [1.165, 1.54) is 7.05 Å². The summed E-state index contributed by atoms with van der Waals surface area (Å²) in [6.07, 6.45) is 0.0487. The van der Waals surface area contributed by atoms with Gasteiger partial charge in [0.1, 0.15) is 0 Å². The topological polar surface area (TPSA) is 107 Å². The van der Waals surface area contributed by atoms with E-state index in [-0.39, 0.29) is 25.0 Å². The first-order chi connectivity index (χ1) is 8.50. The third kappa shape index (κ3) is 6.86. The fourth-order valence-corrected chi connectivity index (χ4v) is 2.78. The van der Waals surface area contributed by atoms with Crippen LogP contribution in [-0.4, -0.2) is 55.1 Å². The normalized spacial score (nSPS) is 14.6. The van der Waals surface area contributed by atoms with Crippen LogP contribution in [0, 0.1) is 5.41 Å². The third-order valence-corrected chi connectivity index (χ3v) is 4.39. The van der Waals surface area contributed by atoms with Gasteiger partial charge >= 0.3 is 5.97 Å². The minimum Gasteiger partial charge on any atom is -0.481 e. The minimum atomic E-state index is -3.75. The van der Waals surface area contributed by atoms with Gasteiger partial charge in [-0.05, 0) is 11.8 Å². The molecule has 19 heavy (non-hydrogen) atoms. The summed E-state index contributed by atoms with van der Waals surface area (Å²) in [6, 6.07) is -0.422. The monoisotopic (exact) mass is 296 g/mol. The van der Waals surface area contributed by atoms with Gasteiger partial charge in [0, 0.05) is 26.2 Å². The average Bonchev–Trinajstić information content (AvgIpc) is 2.23. The van der Waals surface area contributed by atoms with Crippen molar-refractivity contribution in [3.8, 4) is 0 Å². The number of rotatable bonds is 8. The highest BCUT2D eigenvalue weighted by molar-refractivity contribution is 7.87. The summed E-state index contributed by atoms with van der Waals surface area (Å²) in [5.74, 6) is -1.05. The Morgan fingerprint density at radius 2 is 1.89 bits per heavy atom. The molecule has 8 heteroatoms. The standard InChI is InChI=1S/C11H24N2O5S/c1-11(2,3)9(6-8-14)12-19(17,18)13(4)7-5-10(15)16/h9,12,14H,5-8H2,1-4H3,(H,15,16).